The lowest BCUT2D eigenvalue weighted by molar-refractivity contribution is 0.488. The molecule has 0 spiro atoms. The lowest BCUT2D eigenvalue weighted by atomic mass is 10.2. The molecular weight excluding hydrogens is 275 g/mol. The molecule has 0 aliphatic rings. The summed E-state index contributed by atoms with van der Waals surface area (Å²) in [5.41, 5.74) is 2.38. The van der Waals surface area contributed by atoms with E-state index in [0.717, 1.165) is 11.1 Å². The van der Waals surface area contributed by atoms with Crippen LogP contribution in [0.15, 0.2) is 57.0 Å². The second-order valence-electron chi connectivity index (χ2n) is 4.31. The number of para-hydroxylation sites is 2. The van der Waals surface area contributed by atoms with Crippen LogP contribution in [0.3, 0.4) is 0 Å². The highest BCUT2D eigenvalue weighted by atomic mass is 32.2. The Morgan fingerprint density at radius 2 is 2.05 bits per heavy atom. The van der Waals surface area contributed by atoms with Gasteiger partial charge in [-0.05, 0) is 42.6 Å². The molecule has 0 unspecified atom stereocenters. The second-order valence-corrected chi connectivity index (χ2v) is 5.27. The van der Waals surface area contributed by atoms with Crippen molar-refractivity contribution in [1.29, 1.82) is 0 Å². The van der Waals surface area contributed by atoms with Crippen molar-refractivity contribution in [2.75, 3.05) is 7.05 Å². The third-order valence-corrected chi connectivity index (χ3v) is 3.89. The molecule has 20 heavy (non-hydrogen) atoms. The minimum Gasteiger partial charge on any atom is -0.431 e. The standard InChI is InChI=1S/C15H13FN2OS/c1-17-9-10-5-4-6-11(16)14(10)20-15-18-12-7-2-3-8-13(12)19-15/h2-8,17H,9H2,1H3. The van der Waals surface area contributed by atoms with Gasteiger partial charge in [0.15, 0.2) is 5.58 Å². The number of fused-ring (bicyclic) bond motifs is 1. The largest absolute Gasteiger partial charge is 0.431 e. The summed E-state index contributed by atoms with van der Waals surface area (Å²) in [5.74, 6) is -0.259. The van der Waals surface area contributed by atoms with Crippen LogP contribution in [-0.4, -0.2) is 12.0 Å². The fraction of sp³-hybridized carbons (Fsp3) is 0.133. The lowest BCUT2D eigenvalue weighted by Gasteiger charge is -2.07. The number of nitrogens with zero attached hydrogens (tertiary/aromatic N) is 1. The Morgan fingerprint density at radius 3 is 2.85 bits per heavy atom. The Kier molecular flexibility index (Phi) is 3.71. The Hall–Kier alpha value is -1.85. The number of nitrogens with one attached hydrogen (secondary N) is 1. The molecule has 0 aliphatic heterocycles. The molecule has 3 aromatic rings. The van der Waals surface area contributed by atoms with Crippen molar-refractivity contribution in [2.24, 2.45) is 0 Å². The zero-order valence-electron chi connectivity index (χ0n) is 10.9. The molecule has 1 N–H and O–H groups in total. The van der Waals surface area contributed by atoms with Crippen molar-refractivity contribution < 1.29 is 8.81 Å². The minimum absolute atomic E-state index is 0.259. The highest BCUT2D eigenvalue weighted by Crippen LogP contribution is 2.33. The molecule has 1 heterocycles. The molecule has 1 aromatic heterocycles. The van der Waals surface area contributed by atoms with Gasteiger partial charge in [-0.25, -0.2) is 9.37 Å². The summed E-state index contributed by atoms with van der Waals surface area (Å²) in [6.45, 7) is 0.598. The molecule has 0 saturated heterocycles. The number of oxazole rings is 1. The van der Waals surface area contributed by atoms with Crippen molar-refractivity contribution in [3.05, 3.63) is 53.8 Å². The fourth-order valence-electron chi connectivity index (χ4n) is 1.98. The average Bonchev–Trinajstić information content (AvgIpc) is 2.85. The minimum atomic E-state index is -0.259. The number of hydrogen-bond donors (Lipinski definition) is 1. The van der Waals surface area contributed by atoms with Gasteiger partial charge in [0.1, 0.15) is 11.3 Å². The van der Waals surface area contributed by atoms with Gasteiger partial charge in [0.2, 0.25) is 0 Å². The average molecular weight is 288 g/mol. The maximum Gasteiger partial charge on any atom is 0.261 e. The molecule has 5 heteroatoms. The van der Waals surface area contributed by atoms with E-state index in [0.29, 0.717) is 22.2 Å². The van der Waals surface area contributed by atoms with Crippen molar-refractivity contribution in [2.45, 2.75) is 16.7 Å². The van der Waals surface area contributed by atoms with Crippen LogP contribution in [0.2, 0.25) is 0 Å². The van der Waals surface area contributed by atoms with Crippen molar-refractivity contribution in [3.8, 4) is 0 Å². The van der Waals surface area contributed by atoms with Crippen LogP contribution in [0.4, 0.5) is 4.39 Å². The van der Waals surface area contributed by atoms with Crippen molar-refractivity contribution in [3.63, 3.8) is 0 Å². The number of halogens is 1. The molecule has 2 aromatic carbocycles. The molecule has 3 rings (SSSR count). The van der Waals surface area contributed by atoms with Gasteiger partial charge in [-0.15, -0.1) is 0 Å². The quantitative estimate of drug-likeness (QED) is 0.791. The number of hydrogen-bond acceptors (Lipinski definition) is 4. The molecule has 0 bridgehead atoms. The van der Waals surface area contributed by atoms with E-state index in [1.165, 1.54) is 17.8 Å². The van der Waals surface area contributed by atoms with Crippen LogP contribution < -0.4 is 5.32 Å². The van der Waals surface area contributed by atoms with Gasteiger partial charge in [-0.3, -0.25) is 0 Å². The molecule has 0 radical (unpaired) electrons. The van der Waals surface area contributed by atoms with Crippen LogP contribution in [-0.2, 0) is 6.54 Å². The summed E-state index contributed by atoms with van der Waals surface area (Å²) in [6, 6.07) is 12.6. The fourth-order valence-corrected chi connectivity index (χ4v) is 2.87. The molecule has 102 valence electrons. The maximum atomic E-state index is 14.0. The monoisotopic (exact) mass is 288 g/mol. The Labute approximate surface area is 120 Å². The van der Waals surface area contributed by atoms with Crippen molar-refractivity contribution >= 4 is 22.9 Å². The SMILES string of the molecule is CNCc1cccc(F)c1Sc1nc2ccccc2o1. The summed E-state index contributed by atoms with van der Waals surface area (Å²) in [6.07, 6.45) is 0. The normalized spacial score (nSPS) is 11.1. The highest BCUT2D eigenvalue weighted by molar-refractivity contribution is 7.99. The Morgan fingerprint density at radius 1 is 1.20 bits per heavy atom. The summed E-state index contributed by atoms with van der Waals surface area (Å²) in [5, 5.41) is 3.49. The molecule has 0 amide bonds. The van der Waals surface area contributed by atoms with E-state index in [1.807, 2.05) is 37.4 Å². The third-order valence-electron chi connectivity index (χ3n) is 2.88. The summed E-state index contributed by atoms with van der Waals surface area (Å²) < 4.78 is 19.6. The predicted molar refractivity (Wildman–Crippen MR) is 77.3 cm³/mol. The zero-order valence-corrected chi connectivity index (χ0v) is 11.7. The number of rotatable bonds is 4. The molecule has 0 aliphatic carbocycles. The van der Waals surface area contributed by atoms with E-state index >= 15 is 0 Å². The third kappa shape index (κ3) is 2.55. The van der Waals surface area contributed by atoms with Gasteiger partial charge < -0.3 is 9.73 Å². The number of aromatic nitrogens is 1. The predicted octanol–water partition coefficient (Wildman–Crippen LogP) is 3.84. The first kappa shape index (κ1) is 13.1. The van der Waals surface area contributed by atoms with Crippen LogP contribution in [0.1, 0.15) is 5.56 Å². The molecule has 0 fully saturated rings. The van der Waals surface area contributed by atoms with E-state index < -0.39 is 0 Å². The smallest absolute Gasteiger partial charge is 0.261 e. The van der Waals surface area contributed by atoms with Crippen LogP contribution >= 0.6 is 11.8 Å². The van der Waals surface area contributed by atoms with Gasteiger partial charge in [0, 0.05) is 6.54 Å². The van der Waals surface area contributed by atoms with Gasteiger partial charge >= 0.3 is 0 Å². The lowest BCUT2D eigenvalue weighted by Crippen LogP contribution is -2.06. The second kappa shape index (κ2) is 5.64. The summed E-state index contributed by atoms with van der Waals surface area (Å²) in [7, 11) is 1.83. The van der Waals surface area contributed by atoms with Crippen LogP contribution in [0.25, 0.3) is 11.1 Å². The van der Waals surface area contributed by atoms with Gasteiger partial charge in [-0.2, -0.15) is 0 Å². The molecule has 3 nitrogen and oxygen atoms in total. The van der Waals surface area contributed by atoms with Crippen LogP contribution in [0, 0.1) is 5.82 Å². The maximum absolute atomic E-state index is 14.0. The molecular formula is C15H13FN2OS. The van der Waals surface area contributed by atoms with E-state index in [4.69, 9.17) is 4.42 Å². The Bertz CT molecular complexity index is 709. The first-order chi connectivity index (χ1) is 9.78. The van der Waals surface area contributed by atoms with E-state index in [-0.39, 0.29) is 5.82 Å². The highest BCUT2D eigenvalue weighted by Gasteiger charge is 2.13. The van der Waals surface area contributed by atoms with Crippen LogP contribution in [0.5, 0.6) is 0 Å². The number of benzene rings is 2. The first-order valence-electron chi connectivity index (χ1n) is 6.23. The van der Waals surface area contributed by atoms with Crippen molar-refractivity contribution in [1.82, 2.24) is 10.3 Å². The molecule has 0 atom stereocenters. The Balaban J connectivity index is 1.97. The van der Waals surface area contributed by atoms with E-state index in [9.17, 15) is 4.39 Å². The van der Waals surface area contributed by atoms with Gasteiger partial charge in [-0.1, -0.05) is 24.3 Å². The van der Waals surface area contributed by atoms with E-state index in [1.54, 1.807) is 6.07 Å². The summed E-state index contributed by atoms with van der Waals surface area (Å²) >= 11 is 1.21. The summed E-state index contributed by atoms with van der Waals surface area (Å²) in [4.78, 5) is 4.91. The van der Waals surface area contributed by atoms with Gasteiger partial charge in [0.25, 0.3) is 5.22 Å². The molecule has 0 saturated carbocycles. The topological polar surface area (TPSA) is 38.1 Å². The van der Waals surface area contributed by atoms with E-state index in [2.05, 4.69) is 10.3 Å². The first-order valence-corrected chi connectivity index (χ1v) is 7.05. The zero-order chi connectivity index (χ0) is 13.9. The van der Waals surface area contributed by atoms with Gasteiger partial charge in [0.05, 0.1) is 4.90 Å².